The van der Waals surface area contributed by atoms with Gasteiger partial charge in [0, 0.05) is 13.1 Å². The summed E-state index contributed by atoms with van der Waals surface area (Å²) in [5.74, 6) is 1.37. The Morgan fingerprint density at radius 1 is 1.04 bits per heavy atom. The summed E-state index contributed by atoms with van der Waals surface area (Å²) in [5, 5.41) is 16.5. The molecule has 2 aromatic carbocycles. The van der Waals surface area contributed by atoms with Crippen molar-refractivity contribution in [2.24, 2.45) is 4.99 Å². The second-order valence-electron chi connectivity index (χ2n) is 6.37. The second-order valence-corrected chi connectivity index (χ2v) is 6.37. The van der Waals surface area contributed by atoms with Crippen molar-refractivity contribution in [1.29, 1.82) is 0 Å². The van der Waals surface area contributed by atoms with Gasteiger partial charge in [0.15, 0.2) is 17.5 Å². The third-order valence-corrected chi connectivity index (χ3v) is 3.99. The average Bonchev–Trinajstić information content (AvgIpc) is 2.59. The first-order chi connectivity index (χ1) is 12.5. The van der Waals surface area contributed by atoms with E-state index in [1.807, 2.05) is 13.0 Å². The highest BCUT2D eigenvalue weighted by atomic mass is 127. The van der Waals surface area contributed by atoms with Crippen molar-refractivity contribution >= 4 is 29.9 Å². The fraction of sp³-hybridized carbons (Fsp3) is 0.381. The lowest BCUT2D eigenvalue weighted by molar-refractivity contribution is 0.373. The minimum atomic E-state index is 0. The van der Waals surface area contributed by atoms with Crippen LogP contribution in [0.5, 0.6) is 11.5 Å². The molecule has 27 heavy (non-hydrogen) atoms. The smallest absolute Gasteiger partial charge is 0.191 e. The van der Waals surface area contributed by atoms with Gasteiger partial charge in [-0.15, -0.1) is 24.0 Å². The maximum absolute atomic E-state index is 9.87. The van der Waals surface area contributed by atoms with Crippen molar-refractivity contribution in [2.75, 3.05) is 20.2 Å². The normalized spacial score (nSPS) is 10.9. The number of nitrogens with zero attached hydrogens (tertiary/aromatic N) is 1. The molecule has 3 N–H and O–H groups in total. The van der Waals surface area contributed by atoms with Crippen molar-refractivity contribution in [2.45, 2.75) is 33.7 Å². The molecule has 0 aliphatic rings. The number of aryl methyl sites for hydroxylation is 2. The van der Waals surface area contributed by atoms with Crippen LogP contribution in [0.15, 0.2) is 41.4 Å². The van der Waals surface area contributed by atoms with E-state index in [0.29, 0.717) is 12.3 Å². The van der Waals surface area contributed by atoms with Gasteiger partial charge < -0.3 is 20.5 Å². The minimum absolute atomic E-state index is 0. The summed E-state index contributed by atoms with van der Waals surface area (Å²) in [7, 11) is 1.54. The predicted octanol–water partition coefficient (Wildman–Crippen LogP) is 3.93. The van der Waals surface area contributed by atoms with Gasteiger partial charge in [-0.1, -0.05) is 35.4 Å². The van der Waals surface area contributed by atoms with Crippen molar-refractivity contribution in [3.05, 3.63) is 58.7 Å². The summed E-state index contributed by atoms with van der Waals surface area (Å²) in [6, 6.07) is 12.0. The molecular weight excluding hydrogens is 453 g/mol. The third-order valence-electron chi connectivity index (χ3n) is 3.99. The van der Waals surface area contributed by atoms with E-state index in [2.05, 4.69) is 47.7 Å². The Balaban J connectivity index is 0.00000364. The Labute approximate surface area is 179 Å². The quantitative estimate of drug-likeness (QED) is 0.317. The largest absolute Gasteiger partial charge is 0.504 e. The van der Waals surface area contributed by atoms with Gasteiger partial charge in [0.25, 0.3) is 0 Å². The monoisotopic (exact) mass is 483 g/mol. The molecule has 0 spiro atoms. The van der Waals surface area contributed by atoms with Crippen LogP contribution >= 0.6 is 24.0 Å². The Morgan fingerprint density at radius 3 is 2.33 bits per heavy atom. The SMILES string of the molecule is CCNC(=NCc1ccc(OC)c(O)c1)NCCc1cc(C)cc(C)c1.I. The lowest BCUT2D eigenvalue weighted by Crippen LogP contribution is -2.38. The first-order valence-electron chi connectivity index (χ1n) is 8.97. The Bertz CT molecular complexity index is 743. The number of ether oxygens (including phenoxy) is 1. The van der Waals surface area contributed by atoms with E-state index in [0.717, 1.165) is 31.0 Å². The summed E-state index contributed by atoms with van der Waals surface area (Å²) in [6.45, 7) is 8.38. The molecule has 0 heterocycles. The number of phenols is 1. The van der Waals surface area contributed by atoms with E-state index >= 15 is 0 Å². The highest BCUT2D eigenvalue weighted by molar-refractivity contribution is 14.0. The number of hydrogen-bond donors (Lipinski definition) is 3. The number of hydrogen-bond acceptors (Lipinski definition) is 3. The van der Waals surface area contributed by atoms with Crippen LogP contribution < -0.4 is 15.4 Å². The van der Waals surface area contributed by atoms with Crippen LogP contribution in [0.2, 0.25) is 0 Å². The van der Waals surface area contributed by atoms with Gasteiger partial charge in [0.2, 0.25) is 0 Å². The number of nitrogens with one attached hydrogen (secondary N) is 2. The van der Waals surface area contributed by atoms with E-state index in [-0.39, 0.29) is 29.7 Å². The molecule has 0 bridgehead atoms. The molecule has 148 valence electrons. The van der Waals surface area contributed by atoms with Gasteiger partial charge in [-0.25, -0.2) is 4.99 Å². The first kappa shape index (κ1) is 23.1. The Hall–Kier alpha value is -1.96. The molecule has 0 saturated carbocycles. The summed E-state index contributed by atoms with van der Waals surface area (Å²) < 4.78 is 5.07. The number of aromatic hydroxyl groups is 1. The van der Waals surface area contributed by atoms with Crippen LogP contribution in [-0.2, 0) is 13.0 Å². The van der Waals surface area contributed by atoms with Crippen molar-refractivity contribution < 1.29 is 9.84 Å². The number of aliphatic imine (C=N–C) groups is 1. The fourth-order valence-electron chi connectivity index (χ4n) is 2.88. The highest BCUT2D eigenvalue weighted by Crippen LogP contribution is 2.26. The number of methoxy groups -OCH3 is 1. The minimum Gasteiger partial charge on any atom is -0.504 e. The molecule has 0 unspecified atom stereocenters. The van der Waals surface area contributed by atoms with E-state index in [1.54, 1.807) is 12.1 Å². The number of phenolic OH excluding ortho intramolecular Hbond substituents is 1. The maximum Gasteiger partial charge on any atom is 0.191 e. The standard InChI is InChI=1S/C21H29N3O2.HI/c1-5-22-21(23-9-8-17-11-15(2)10-16(3)12-17)24-14-18-6-7-20(26-4)19(25)13-18;/h6-7,10-13,25H,5,8-9,14H2,1-4H3,(H2,22,23,24);1H. The molecule has 0 amide bonds. The topological polar surface area (TPSA) is 65.9 Å². The van der Waals surface area contributed by atoms with Gasteiger partial charge in [0.1, 0.15) is 0 Å². The molecule has 0 aromatic heterocycles. The van der Waals surface area contributed by atoms with E-state index in [9.17, 15) is 5.11 Å². The molecule has 0 aliphatic carbocycles. The molecule has 5 nitrogen and oxygen atoms in total. The fourth-order valence-corrected chi connectivity index (χ4v) is 2.88. The van der Waals surface area contributed by atoms with Crippen LogP contribution in [0.4, 0.5) is 0 Å². The zero-order valence-electron chi connectivity index (χ0n) is 16.5. The van der Waals surface area contributed by atoms with Gasteiger partial charge in [0.05, 0.1) is 13.7 Å². The van der Waals surface area contributed by atoms with Crippen molar-refractivity contribution in [3.63, 3.8) is 0 Å². The average molecular weight is 483 g/mol. The second kappa shape index (κ2) is 11.7. The summed E-state index contributed by atoms with van der Waals surface area (Å²) in [5.41, 5.74) is 4.83. The molecule has 2 aromatic rings. The van der Waals surface area contributed by atoms with Crippen molar-refractivity contribution in [1.82, 2.24) is 10.6 Å². The Kier molecular flexibility index (Phi) is 9.99. The van der Waals surface area contributed by atoms with Gasteiger partial charge >= 0.3 is 0 Å². The van der Waals surface area contributed by atoms with E-state index in [4.69, 9.17) is 4.74 Å². The molecule has 0 aliphatic heterocycles. The molecule has 0 radical (unpaired) electrons. The van der Waals surface area contributed by atoms with Crippen LogP contribution in [0.3, 0.4) is 0 Å². The lowest BCUT2D eigenvalue weighted by Gasteiger charge is -2.12. The van der Waals surface area contributed by atoms with Gasteiger partial charge in [-0.05, 0) is 50.5 Å². The van der Waals surface area contributed by atoms with Crippen LogP contribution in [0.25, 0.3) is 0 Å². The maximum atomic E-state index is 9.87. The van der Waals surface area contributed by atoms with Crippen LogP contribution in [0.1, 0.15) is 29.2 Å². The molecular formula is C21H30IN3O2. The van der Waals surface area contributed by atoms with E-state index < -0.39 is 0 Å². The third kappa shape index (κ3) is 7.66. The molecule has 0 fully saturated rings. The number of benzene rings is 2. The van der Waals surface area contributed by atoms with Crippen LogP contribution in [0, 0.1) is 13.8 Å². The van der Waals surface area contributed by atoms with Gasteiger partial charge in [-0.3, -0.25) is 0 Å². The lowest BCUT2D eigenvalue weighted by atomic mass is 10.1. The number of rotatable bonds is 7. The summed E-state index contributed by atoms with van der Waals surface area (Å²) in [4.78, 5) is 4.59. The predicted molar refractivity (Wildman–Crippen MR) is 123 cm³/mol. The first-order valence-corrected chi connectivity index (χ1v) is 8.97. The number of halogens is 1. The van der Waals surface area contributed by atoms with Gasteiger partial charge in [-0.2, -0.15) is 0 Å². The zero-order chi connectivity index (χ0) is 18.9. The summed E-state index contributed by atoms with van der Waals surface area (Å²) >= 11 is 0. The summed E-state index contributed by atoms with van der Waals surface area (Å²) in [6.07, 6.45) is 0.941. The molecule has 0 atom stereocenters. The molecule has 0 saturated heterocycles. The zero-order valence-corrected chi connectivity index (χ0v) is 18.8. The molecule has 2 rings (SSSR count). The van der Waals surface area contributed by atoms with Crippen molar-refractivity contribution in [3.8, 4) is 11.5 Å². The number of guanidine groups is 1. The van der Waals surface area contributed by atoms with E-state index in [1.165, 1.54) is 23.8 Å². The van der Waals surface area contributed by atoms with Crippen LogP contribution in [-0.4, -0.2) is 31.3 Å². The Morgan fingerprint density at radius 2 is 1.74 bits per heavy atom. The highest BCUT2D eigenvalue weighted by Gasteiger charge is 2.03. The molecule has 6 heteroatoms.